The van der Waals surface area contributed by atoms with E-state index in [1.54, 1.807) is 0 Å². The molecule has 0 aromatic heterocycles. The van der Waals surface area contributed by atoms with Crippen LogP contribution in [0.5, 0.6) is 0 Å². The van der Waals surface area contributed by atoms with Crippen molar-refractivity contribution in [2.75, 3.05) is 0 Å². The van der Waals surface area contributed by atoms with Crippen molar-refractivity contribution in [1.82, 2.24) is 0 Å². The van der Waals surface area contributed by atoms with Crippen molar-refractivity contribution in [3.63, 3.8) is 0 Å². The Morgan fingerprint density at radius 3 is 1.40 bits per heavy atom. The second-order valence-electron chi connectivity index (χ2n) is 2.42. The van der Waals surface area contributed by atoms with Crippen LogP contribution >= 0.6 is 0 Å². The minimum absolute atomic E-state index is 0. The van der Waals surface area contributed by atoms with E-state index in [4.69, 9.17) is 5.11 Å². The van der Waals surface area contributed by atoms with Gasteiger partial charge in [-0.25, -0.2) is 0 Å². The second kappa shape index (κ2) is 8.18. The van der Waals surface area contributed by atoms with E-state index in [2.05, 4.69) is 0 Å². The van der Waals surface area contributed by atoms with Crippen molar-refractivity contribution in [3.05, 3.63) is 0 Å². The summed E-state index contributed by atoms with van der Waals surface area (Å²) < 4.78 is 0. The normalized spacial score (nSPS) is 9.40. The van der Waals surface area contributed by atoms with Crippen LogP contribution in [0.25, 0.3) is 0 Å². The van der Waals surface area contributed by atoms with E-state index < -0.39 is 36.4 Å². The molecule has 0 saturated heterocycles. The molecule has 0 aliphatic heterocycles. The molecule has 2 radical (unpaired) electrons. The standard InChI is InChI=1S/C6H8O7.Bi.Nb/c7-3(8)1-6(13,5(11)12)2-4(9)10;;/h13H,1-2H2,(H,7,8)(H,9,10)(H,11,12);;/q;+3;+5/p-3. The first-order valence-corrected chi connectivity index (χ1v) is 3.11. The zero-order valence-electron chi connectivity index (χ0n) is 7.21. The average molecular weight is 491 g/mol. The summed E-state index contributed by atoms with van der Waals surface area (Å²) in [5.74, 6) is -5.98. The van der Waals surface area contributed by atoms with Gasteiger partial charge in [0.25, 0.3) is 0 Å². The van der Waals surface area contributed by atoms with Crippen molar-refractivity contribution >= 4 is 44.1 Å². The Hall–Kier alpha value is -0.00662. The van der Waals surface area contributed by atoms with Gasteiger partial charge < -0.3 is 34.8 Å². The molecule has 0 amide bonds. The third-order valence-electron chi connectivity index (χ3n) is 1.25. The molecular weight excluding hydrogens is 486 g/mol. The molecule has 0 saturated carbocycles. The maximum absolute atomic E-state index is 10.1. The Kier molecular flexibility index (Phi) is 11.1. The van der Waals surface area contributed by atoms with E-state index in [9.17, 15) is 29.7 Å². The summed E-state index contributed by atoms with van der Waals surface area (Å²) >= 11 is 0. The quantitative estimate of drug-likeness (QED) is 0.379. The van der Waals surface area contributed by atoms with Gasteiger partial charge in [0.1, 0.15) is 5.60 Å². The summed E-state index contributed by atoms with van der Waals surface area (Å²) in [6, 6.07) is 0. The van der Waals surface area contributed by atoms with Gasteiger partial charge >= 0.3 is 48.6 Å². The van der Waals surface area contributed by atoms with Crippen LogP contribution < -0.4 is 15.3 Å². The molecule has 7 nitrogen and oxygen atoms in total. The number of aliphatic carboxylic acids is 3. The third kappa shape index (κ3) is 7.87. The zero-order valence-corrected chi connectivity index (χ0v) is 12.9. The van der Waals surface area contributed by atoms with Gasteiger partial charge in [0.2, 0.25) is 0 Å². The van der Waals surface area contributed by atoms with Gasteiger partial charge in [-0.1, -0.05) is 0 Å². The number of hydrogen-bond acceptors (Lipinski definition) is 7. The number of carboxylic acid groups (broad SMARTS) is 3. The monoisotopic (exact) mass is 491 g/mol. The van der Waals surface area contributed by atoms with E-state index in [0.717, 1.165) is 0 Å². The van der Waals surface area contributed by atoms with Crippen molar-refractivity contribution in [2.24, 2.45) is 0 Å². The fourth-order valence-corrected chi connectivity index (χ4v) is 0.684. The summed E-state index contributed by atoms with van der Waals surface area (Å²) in [5, 5.41) is 38.9. The molecule has 0 bridgehead atoms. The Balaban J connectivity index is -0.000000720. The Labute approximate surface area is 119 Å². The average Bonchev–Trinajstić information content (AvgIpc) is 1.82. The SMILES string of the molecule is O=C([O-])CC(O)(CC(=O)[O-])C(=O)[O-].[Bi+3].[Nb+5]. The molecule has 76 valence electrons. The van der Waals surface area contributed by atoms with Crippen LogP contribution in [-0.4, -0.2) is 54.8 Å². The fourth-order valence-electron chi connectivity index (χ4n) is 0.684. The smallest absolute Gasteiger partial charge is 0.550 e. The molecule has 15 heavy (non-hydrogen) atoms. The van der Waals surface area contributed by atoms with Gasteiger partial charge in [0.05, 0.1) is 5.97 Å². The van der Waals surface area contributed by atoms with Crippen molar-refractivity contribution in [3.8, 4) is 0 Å². The van der Waals surface area contributed by atoms with Crippen molar-refractivity contribution < 1.29 is 57.2 Å². The van der Waals surface area contributed by atoms with E-state index in [0.29, 0.717) is 0 Å². The molecule has 0 aromatic rings. The molecule has 0 aromatic carbocycles. The van der Waals surface area contributed by atoms with Crippen LogP contribution in [0.1, 0.15) is 12.8 Å². The van der Waals surface area contributed by atoms with E-state index in [1.165, 1.54) is 0 Å². The van der Waals surface area contributed by atoms with Gasteiger partial charge in [-0.15, -0.1) is 0 Å². The number of rotatable bonds is 5. The number of carboxylic acids is 3. The molecule has 0 rings (SSSR count). The fraction of sp³-hybridized carbons (Fsp3) is 0.500. The first-order chi connectivity index (χ1) is 5.78. The van der Waals surface area contributed by atoms with Crippen molar-refractivity contribution in [2.45, 2.75) is 18.4 Å². The summed E-state index contributed by atoms with van der Waals surface area (Å²) in [7, 11) is 0. The largest absolute Gasteiger partial charge is 5.00 e. The first kappa shape index (κ1) is 20.4. The number of aliphatic hydroxyl groups is 1. The number of carbonyl (C=O) groups is 3. The van der Waals surface area contributed by atoms with Gasteiger partial charge in [-0.3, -0.25) is 0 Å². The second-order valence-corrected chi connectivity index (χ2v) is 2.42. The molecule has 0 unspecified atom stereocenters. The van der Waals surface area contributed by atoms with Crippen LogP contribution in [0.4, 0.5) is 0 Å². The molecule has 9 heteroatoms. The molecule has 1 N–H and O–H groups in total. The van der Waals surface area contributed by atoms with Crippen LogP contribution in [-0.2, 0) is 36.8 Å². The predicted molar refractivity (Wildman–Crippen MR) is 35.0 cm³/mol. The summed E-state index contributed by atoms with van der Waals surface area (Å²) in [6.45, 7) is 0. The molecular formula is C6H5BiNbO7+5. The van der Waals surface area contributed by atoms with E-state index in [-0.39, 0.29) is 48.6 Å². The van der Waals surface area contributed by atoms with E-state index >= 15 is 0 Å². The topological polar surface area (TPSA) is 141 Å². The van der Waals surface area contributed by atoms with Crippen LogP contribution in [0.2, 0.25) is 0 Å². The Morgan fingerprint density at radius 1 is 1.00 bits per heavy atom. The van der Waals surface area contributed by atoms with Crippen molar-refractivity contribution in [1.29, 1.82) is 0 Å². The van der Waals surface area contributed by atoms with Gasteiger partial charge in [-0.2, -0.15) is 0 Å². The molecule has 0 heterocycles. The first-order valence-electron chi connectivity index (χ1n) is 3.11. The van der Waals surface area contributed by atoms with Crippen LogP contribution in [0, 0.1) is 0 Å². The third-order valence-corrected chi connectivity index (χ3v) is 1.25. The number of hydrogen-bond donors (Lipinski definition) is 1. The molecule has 0 aliphatic carbocycles. The summed E-state index contributed by atoms with van der Waals surface area (Å²) in [5.41, 5.74) is -2.97. The molecule has 0 fully saturated rings. The summed E-state index contributed by atoms with van der Waals surface area (Å²) in [6.07, 6.45) is -2.72. The Morgan fingerprint density at radius 2 is 1.27 bits per heavy atom. The van der Waals surface area contributed by atoms with Gasteiger partial charge in [0.15, 0.2) is 0 Å². The van der Waals surface area contributed by atoms with Gasteiger partial charge in [0, 0.05) is 24.8 Å². The minimum Gasteiger partial charge on any atom is -0.550 e. The van der Waals surface area contributed by atoms with Crippen LogP contribution in [0.15, 0.2) is 0 Å². The van der Waals surface area contributed by atoms with Crippen LogP contribution in [0.3, 0.4) is 0 Å². The van der Waals surface area contributed by atoms with Gasteiger partial charge in [-0.05, 0) is 0 Å². The molecule has 0 spiro atoms. The maximum atomic E-state index is 10.1. The zero-order chi connectivity index (χ0) is 10.6. The predicted octanol–water partition coefficient (Wildman–Crippen LogP) is -5.64. The molecule has 0 aliphatic rings. The Bertz CT molecular complexity index is 238. The minimum atomic E-state index is -2.97. The number of carbonyl (C=O) groups excluding carboxylic acids is 3. The summed E-state index contributed by atoms with van der Waals surface area (Å²) in [4.78, 5) is 30.0. The van der Waals surface area contributed by atoms with E-state index in [1.807, 2.05) is 0 Å². The maximum Gasteiger partial charge on any atom is 5.00 e. The molecule has 0 atom stereocenters.